The van der Waals surface area contributed by atoms with Crippen LogP contribution >= 0.6 is 11.6 Å². The molecule has 0 N–H and O–H groups in total. The maximum absolute atomic E-state index is 12.0. The fourth-order valence-electron chi connectivity index (χ4n) is 1.67. The van der Waals surface area contributed by atoms with E-state index < -0.39 is 6.10 Å². The summed E-state index contributed by atoms with van der Waals surface area (Å²) in [6.07, 6.45) is -0.501. The van der Waals surface area contributed by atoms with E-state index in [1.54, 1.807) is 19.1 Å². The molecule has 1 aromatic heterocycles. The first-order chi connectivity index (χ1) is 8.13. The van der Waals surface area contributed by atoms with Crippen LogP contribution in [-0.4, -0.2) is 18.5 Å². The van der Waals surface area contributed by atoms with E-state index in [2.05, 4.69) is 0 Å². The summed E-state index contributed by atoms with van der Waals surface area (Å²) in [6, 6.07) is 7.10. The number of rotatable bonds is 4. The van der Waals surface area contributed by atoms with Gasteiger partial charge in [-0.25, -0.2) is 0 Å². The van der Waals surface area contributed by atoms with E-state index in [0.717, 1.165) is 5.39 Å². The first-order valence-corrected chi connectivity index (χ1v) is 5.85. The summed E-state index contributed by atoms with van der Waals surface area (Å²) in [5, 5.41) is 1.33. The van der Waals surface area contributed by atoms with Crippen molar-refractivity contribution < 1.29 is 13.9 Å². The predicted molar refractivity (Wildman–Crippen MR) is 66.6 cm³/mol. The number of benzene rings is 1. The Kier molecular flexibility index (Phi) is 3.50. The van der Waals surface area contributed by atoms with Crippen LogP contribution < -0.4 is 0 Å². The molecule has 3 nitrogen and oxygen atoms in total. The molecule has 0 saturated carbocycles. The Bertz CT molecular complexity index is 545. The number of ether oxygens (including phenoxy) is 1. The Morgan fingerprint density at radius 3 is 2.94 bits per heavy atom. The van der Waals surface area contributed by atoms with Crippen LogP contribution in [0.3, 0.4) is 0 Å². The smallest absolute Gasteiger partial charge is 0.226 e. The average Bonchev–Trinajstić information content (AvgIpc) is 2.73. The zero-order valence-corrected chi connectivity index (χ0v) is 10.5. The second-order valence-electron chi connectivity index (χ2n) is 3.73. The van der Waals surface area contributed by atoms with Crippen molar-refractivity contribution >= 4 is 28.4 Å². The second kappa shape index (κ2) is 4.90. The van der Waals surface area contributed by atoms with Gasteiger partial charge in [-0.3, -0.25) is 4.79 Å². The van der Waals surface area contributed by atoms with Gasteiger partial charge in [0.15, 0.2) is 11.3 Å². The minimum absolute atomic E-state index is 0.167. The molecule has 0 bridgehead atoms. The third-order valence-electron chi connectivity index (χ3n) is 2.52. The van der Waals surface area contributed by atoms with Gasteiger partial charge in [-0.2, -0.15) is 0 Å². The van der Waals surface area contributed by atoms with Crippen LogP contribution in [0.4, 0.5) is 0 Å². The van der Waals surface area contributed by atoms with Gasteiger partial charge in [-0.05, 0) is 26.0 Å². The second-order valence-corrected chi connectivity index (χ2v) is 4.14. The van der Waals surface area contributed by atoms with E-state index in [1.807, 2.05) is 19.1 Å². The van der Waals surface area contributed by atoms with Gasteiger partial charge in [0.25, 0.3) is 0 Å². The zero-order chi connectivity index (χ0) is 12.4. The molecule has 1 unspecified atom stereocenters. The Morgan fingerprint density at radius 1 is 1.53 bits per heavy atom. The van der Waals surface area contributed by atoms with E-state index >= 15 is 0 Å². The van der Waals surface area contributed by atoms with Gasteiger partial charge in [0.1, 0.15) is 6.10 Å². The van der Waals surface area contributed by atoms with Gasteiger partial charge in [-0.15, -0.1) is 0 Å². The van der Waals surface area contributed by atoms with Crippen molar-refractivity contribution in [1.29, 1.82) is 0 Å². The molecule has 0 fully saturated rings. The lowest BCUT2D eigenvalue weighted by atomic mass is 10.2. The minimum atomic E-state index is -0.501. The number of halogens is 1. The predicted octanol–water partition coefficient (Wildman–Crippen LogP) is 3.69. The fourth-order valence-corrected chi connectivity index (χ4v) is 1.90. The summed E-state index contributed by atoms with van der Waals surface area (Å²) in [5.41, 5.74) is 0.543. The van der Waals surface area contributed by atoms with Crippen molar-refractivity contribution in [2.24, 2.45) is 0 Å². The highest BCUT2D eigenvalue weighted by molar-refractivity contribution is 6.34. The molecule has 1 aromatic carbocycles. The van der Waals surface area contributed by atoms with Crippen molar-refractivity contribution in [2.75, 3.05) is 6.61 Å². The fraction of sp³-hybridized carbons (Fsp3) is 0.308. The molecule has 0 aliphatic heterocycles. The average molecular weight is 253 g/mol. The highest BCUT2D eigenvalue weighted by atomic mass is 35.5. The van der Waals surface area contributed by atoms with E-state index in [1.165, 1.54) is 0 Å². The van der Waals surface area contributed by atoms with Gasteiger partial charge < -0.3 is 9.15 Å². The minimum Gasteiger partial charge on any atom is -0.451 e. The van der Waals surface area contributed by atoms with Crippen molar-refractivity contribution in [3.8, 4) is 0 Å². The van der Waals surface area contributed by atoms with E-state index in [-0.39, 0.29) is 11.5 Å². The van der Waals surface area contributed by atoms with E-state index in [4.69, 9.17) is 20.8 Å². The highest BCUT2D eigenvalue weighted by Crippen LogP contribution is 2.27. The lowest BCUT2D eigenvalue weighted by molar-refractivity contribution is 0.0497. The molecule has 2 rings (SSSR count). The van der Waals surface area contributed by atoms with Crippen LogP contribution in [0, 0.1) is 0 Å². The molecular formula is C13H13ClO3. The maximum atomic E-state index is 12.0. The molecule has 1 heterocycles. The monoisotopic (exact) mass is 252 g/mol. The number of furan rings is 1. The number of hydrogen-bond acceptors (Lipinski definition) is 3. The summed E-state index contributed by atoms with van der Waals surface area (Å²) in [6.45, 7) is 4.05. The molecule has 1 atom stereocenters. The molecule has 0 saturated heterocycles. The van der Waals surface area contributed by atoms with Crippen LogP contribution in [0.5, 0.6) is 0 Å². The number of hydrogen-bond donors (Lipinski definition) is 0. The molecule has 0 aliphatic rings. The first kappa shape index (κ1) is 12.1. The lowest BCUT2D eigenvalue weighted by Gasteiger charge is -2.07. The van der Waals surface area contributed by atoms with Crippen molar-refractivity contribution in [3.05, 3.63) is 35.0 Å². The summed E-state index contributed by atoms with van der Waals surface area (Å²) >= 11 is 5.98. The van der Waals surface area contributed by atoms with Crippen LogP contribution in [0.25, 0.3) is 11.0 Å². The number of carbonyl (C=O) groups excluding carboxylic acids is 1. The van der Waals surface area contributed by atoms with Crippen LogP contribution in [-0.2, 0) is 4.74 Å². The molecule has 0 amide bonds. The third kappa shape index (κ3) is 2.35. The molecular weight excluding hydrogens is 240 g/mol. The molecule has 0 aliphatic carbocycles. The third-order valence-corrected chi connectivity index (χ3v) is 2.82. The Morgan fingerprint density at radius 2 is 2.29 bits per heavy atom. The SMILES string of the molecule is CCOC(C)C(=O)c1cc2cccc(Cl)c2o1. The van der Waals surface area contributed by atoms with Crippen molar-refractivity contribution in [3.63, 3.8) is 0 Å². The maximum Gasteiger partial charge on any atom is 0.226 e. The molecule has 0 radical (unpaired) electrons. The highest BCUT2D eigenvalue weighted by Gasteiger charge is 2.20. The quantitative estimate of drug-likeness (QED) is 0.779. The van der Waals surface area contributed by atoms with Crippen LogP contribution in [0.15, 0.2) is 28.7 Å². The number of Topliss-reactive ketones (excluding diaryl/α,β-unsaturated/α-hetero) is 1. The number of para-hydroxylation sites is 1. The molecule has 17 heavy (non-hydrogen) atoms. The van der Waals surface area contributed by atoms with Gasteiger partial charge in [0.05, 0.1) is 5.02 Å². The van der Waals surface area contributed by atoms with E-state index in [9.17, 15) is 4.79 Å². The zero-order valence-electron chi connectivity index (χ0n) is 9.70. The van der Waals surface area contributed by atoms with Crippen LogP contribution in [0.1, 0.15) is 24.4 Å². The molecule has 4 heteroatoms. The van der Waals surface area contributed by atoms with Gasteiger partial charge in [-0.1, -0.05) is 23.7 Å². The number of carbonyl (C=O) groups is 1. The van der Waals surface area contributed by atoms with Crippen LogP contribution in [0.2, 0.25) is 5.02 Å². The summed E-state index contributed by atoms with van der Waals surface area (Å²) in [4.78, 5) is 12.0. The van der Waals surface area contributed by atoms with Gasteiger partial charge in [0.2, 0.25) is 5.78 Å². The molecule has 2 aromatic rings. The standard InChI is InChI=1S/C13H13ClO3/c1-3-16-8(2)12(15)11-7-9-5-4-6-10(14)13(9)17-11/h4-8H,3H2,1-2H3. The van der Waals surface area contributed by atoms with Gasteiger partial charge >= 0.3 is 0 Å². The Balaban J connectivity index is 2.37. The first-order valence-electron chi connectivity index (χ1n) is 5.47. The van der Waals surface area contributed by atoms with E-state index in [0.29, 0.717) is 17.2 Å². The normalized spacial score (nSPS) is 12.9. The molecule has 0 spiro atoms. The van der Waals surface area contributed by atoms with Crippen molar-refractivity contribution in [2.45, 2.75) is 20.0 Å². The topological polar surface area (TPSA) is 39.4 Å². The van der Waals surface area contributed by atoms with Crippen molar-refractivity contribution in [1.82, 2.24) is 0 Å². The Hall–Kier alpha value is -1.32. The Labute approximate surface area is 104 Å². The summed E-state index contributed by atoms with van der Waals surface area (Å²) in [7, 11) is 0. The van der Waals surface area contributed by atoms with Gasteiger partial charge in [0, 0.05) is 12.0 Å². The number of fused-ring (bicyclic) bond motifs is 1. The lowest BCUT2D eigenvalue weighted by Crippen LogP contribution is -2.20. The summed E-state index contributed by atoms with van der Waals surface area (Å²) < 4.78 is 10.7. The number of ketones is 1. The molecule has 90 valence electrons. The summed E-state index contributed by atoms with van der Waals surface area (Å²) in [5.74, 6) is 0.119. The largest absolute Gasteiger partial charge is 0.451 e.